The lowest BCUT2D eigenvalue weighted by atomic mass is 9.75. The van der Waals surface area contributed by atoms with E-state index in [2.05, 4.69) is 18.6 Å². The molecule has 1 aliphatic carbocycles. The highest BCUT2D eigenvalue weighted by molar-refractivity contribution is 7.89. The molecule has 1 heterocycles. The maximum absolute atomic E-state index is 12.1. The quantitative estimate of drug-likeness (QED) is 0.889. The third kappa shape index (κ3) is 3.40. The third-order valence-electron chi connectivity index (χ3n) is 3.58. The largest absolute Gasteiger partial charge is 0.475 e. The van der Waals surface area contributed by atoms with E-state index in [1.54, 1.807) is 0 Å². The molecule has 0 spiro atoms. The smallest absolute Gasteiger partial charge is 0.371 e. The first kappa shape index (κ1) is 15.1. The molecule has 0 saturated heterocycles. The minimum atomic E-state index is -3.80. The maximum Gasteiger partial charge on any atom is 0.371 e. The number of carbonyl (C=O) groups is 1. The molecule has 1 aliphatic rings. The molecular formula is C13H19NO5S. The van der Waals surface area contributed by atoms with Crippen LogP contribution in [0.1, 0.15) is 50.1 Å². The zero-order chi connectivity index (χ0) is 15.0. The highest BCUT2D eigenvalue weighted by Gasteiger charge is 2.32. The molecule has 7 heteroatoms. The zero-order valence-electron chi connectivity index (χ0n) is 11.5. The molecular weight excluding hydrogens is 282 g/mol. The minimum Gasteiger partial charge on any atom is -0.475 e. The van der Waals surface area contributed by atoms with Gasteiger partial charge in [0.15, 0.2) is 0 Å². The number of aromatic carboxylic acids is 1. The Labute approximate surface area is 118 Å². The first-order chi connectivity index (χ1) is 9.20. The van der Waals surface area contributed by atoms with Crippen LogP contribution in [-0.4, -0.2) is 25.5 Å². The summed E-state index contributed by atoms with van der Waals surface area (Å²) in [5.74, 6) is -1.67. The van der Waals surface area contributed by atoms with Gasteiger partial charge in [-0.05, 0) is 36.8 Å². The normalized spacial score (nSPS) is 22.6. The van der Waals surface area contributed by atoms with Gasteiger partial charge in [0.1, 0.15) is 0 Å². The van der Waals surface area contributed by atoms with Crippen molar-refractivity contribution < 1.29 is 22.7 Å². The second-order valence-corrected chi connectivity index (χ2v) is 7.65. The van der Waals surface area contributed by atoms with Gasteiger partial charge in [-0.2, -0.15) is 0 Å². The fourth-order valence-corrected chi connectivity index (χ4v) is 3.86. The fraction of sp³-hybridized carbons (Fsp3) is 0.615. The van der Waals surface area contributed by atoms with Crippen molar-refractivity contribution >= 4 is 16.0 Å². The van der Waals surface area contributed by atoms with Gasteiger partial charge in [0.2, 0.25) is 10.9 Å². The van der Waals surface area contributed by atoms with Crippen molar-refractivity contribution in [3.63, 3.8) is 0 Å². The number of carboxylic acids is 1. The number of carboxylic acid groups (broad SMARTS) is 1. The average Bonchev–Trinajstić information content (AvgIpc) is 2.76. The standard InChI is InChI=1S/C13H19NO5S/c1-13(2)7-3-4-9(8-13)14-20(17,18)11-6-5-10(19-11)12(15)16/h5-6,9,14H,3-4,7-8H2,1-2H3,(H,15,16). The van der Waals surface area contributed by atoms with Crippen LogP contribution in [0, 0.1) is 5.41 Å². The Morgan fingerprint density at radius 1 is 1.45 bits per heavy atom. The molecule has 1 fully saturated rings. The monoisotopic (exact) mass is 301 g/mol. The summed E-state index contributed by atoms with van der Waals surface area (Å²) < 4.78 is 31.8. The van der Waals surface area contributed by atoms with Crippen LogP contribution in [0.15, 0.2) is 21.6 Å². The molecule has 1 aromatic heterocycles. The summed E-state index contributed by atoms with van der Waals surface area (Å²) >= 11 is 0. The molecule has 6 nitrogen and oxygen atoms in total. The van der Waals surface area contributed by atoms with Crippen LogP contribution in [0.5, 0.6) is 0 Å². The van der Waals surface area contributed by atoms with Crippen LogP contribution in [0.4, 0.5) is 0 Å². The zero-order valence-corrected chi connectivity index (χ0v) is 12.4. The first-order valence-electron chi connectivity index (χ1n) is 6.55. The molecule has 0 aromatic carbocycles. The van der Waals surface area contributed by atoms with E-state index < -0.39 is 16.0 Å². The molecule has 2 N–H and O–H groups in total. The fourth-order valence-electron chi connectivity index (χ4n) is 2.66. The van der Waals surface area contributed by atoms with E-state index in [0.29, 0.717) is 0 Å². The van der Waals surface area contributed by atoms with Crippen LogP contribution < -0.4 is 4.72 Å². The Kier molecular flexibility index (Phi) is 3.93. The number of rotatable bonds is 4. The summed E-state index contributed by atoms with van der Waals surface area (Å²) in [6.07, 6.45) is 3.60. The van der Waals surface area contributed by atoms with Gasteiger partial charge in [-0.3, -0.25) is 0 Å². The molecule has 1 atom stereocenters. The molecule has 2 rings (SSSR count). The van der Waals surface area contributed by atoms with Crippen molar-refractivity contribution in [3.8, 4) is 0 Å². The number of hydrogen-bond donors (Lipinski definition) is 2. The summed E-state index contributed by atoms with van der Waals surface area (Å²) in [6, 6.07) is 2.17. The van der Waals surface area contributed by atoms with E-state index in [0.717, 1.165) is 31.7 Å². The predicted octanol–water partition coefficient (Wildman–Crippen LogP) is 2.22. The van der Waals surface area contributed by atoms with E-state index in [4.69, 9.17) is 9.52 Å². The highest BCUT2D eigenvalue weighted by Crippen LogP contribution is 2.35. The van der Waals surface area contributed by atoms with Gasteiger partial charge in [-0.15, -0.1) is 0 Å². The molecule has 112 valence electrons. The van der Waals surface area contributed by atoms with Gasteiger partial charge in [-0.1, -0.05) is 20.3 Å². The number of nitrogens with one attached hydrogen (secondary N) is 1. The van der Waals surface area contributed by atoms with Gasteiger partial charge in [0.25, 0.3) is 10.0 Å². The van der Waals surface area contributed by atoms with Crippen molar-refractivity contribution in [1.82, 2.24) is 4.72 Å². The molecule has 0 bridgehead atoms. The number of sulfonamides is 1. The Balaban J connectivity index is 2.12. The molecule has 1 aromatic rings. The van der Waals surface area contributed by atoms with Crippen molar-refractivity contribution in [2.45, 2.75) is 50.7 Å². The molecule has 0 radical (unpaired) electrons. The van der Waals surface area contributed by atoms with E-state index in [9.17, 15) is 13.2 Å². The van der Waals surface area contributed by atoms with Crippen molar-refractivity contribution in [1.29, 1.82) is 0 Å². The lowest BCUT2D eigenvalue weighted by molar-refractivity contribution is 0.0656. The lowest BCUT2D eigenvalue weighted by Gasteiger charge is -2.35. The molecule has 0 aliphatic heterocycles. The van der Waals surface area contributed by atoms with Crippen molar-refractivity contribution in [3.05, 3.63) is 17.9 Å². The molecule has 0 amide bonds. The summed E-state index contributed by atoms with van der Waals surface area (Å²) in [7, 11) is -3.80. The van der Waals surface area contributed by atoms with Gasteiger partial charge >= 0.3 is 5.97 Å². The van der Waals surface area contributed by atoms with Crippen LogP contribution >= 0.6 is 0 Å². The van der Waals surface area contributed by atoms with Crippen LogP contribution in [0.3, 0.4) is 0 Å². The Morgan fingerprint density at radius 2 is 2.15 bits per heavy atom. The topological polar surface area (TPSA) is 96.6 Å². The maximum atomic E-state index is 12.1. The summed E-state index contributed by atoms with van der Waals surface area (Å²) in [4.78, 5) is 10.7. The average molecular weight is 301 g/mol. The molecule has 20 heavy (non-hydrogen) atoms. The van der Waals surface area contributed by atoms with Gasteiger partial charge in [-0.25, -0.2) is 17.9 Å². The second kappa shape index (κ2) is 5.21. The van der Waals surface area contributed by atoms with Gasteiger partial charge < -0.3 is 9.52 Å². The third-order valence-corrected chi connectivity index (χ3v) is 4.98. The number of furan rings is 1. The van der Waals surface area contributed by atoms with E-state index in [1.807, 2.05) is 0 Å². The van der Waals surface area contributed by atoms with E-state index >= 15 is 0 Å². The summed E-state index contributed by atoms with van der Waals surface area (Å²) in [5, 5.41) is 8.40. The minimum absolute atomic E-state index is 0.112. The molecule has 1 saturated carbocycles. The first-order valence-corrected chi connectivity index (χ1v) is 8.03. The van der Waals surface area contributed by atoms with Crippen LogP contribution in [-0.2, 0) is 10.0 Å². The highest BCUT2D eigenvalue weighted by atomic mass is 32.2. The predicted molar refractivity (Wildman–Crippen MR) is 72.0 cm³/mol. The number of hydrogen-bond acceptors (Lipinski definition) is 4. The Morgan fingerprint density at radius 3 is 2.70 bits per heavy atom. The lowest BCUT2D eigenvalue weighted by Crippen LogP contribution is -2.40. The SMILES string of the molecule is CC1(C)CCCC(NS(=O)(=O)c2ccc(C(=O)O)o2)C1. The van der Waals surface area contributed by atoms with Crippen molar-refractivity contribution in [2.24, 2.45) is 5.41 Å². The second-order valence-electron chi connectivity index (χ2n) is 6.00. The Bertz CT molecular complexity index is 602. The Hall–Kier alpha value is -1.34. The van der Waals surface area contributed by atoms with Gasteiger partial charge in [0.05, 0.1) is 0 Å². The van der Waals surface area contributed by atoms with E-state index in [-0.39, 0.29) is 22.3 Å². The summed E-state index contributed by atoms with van der Waals surface area (Å²) in [6.45, 7) is 4.23. The molecule has 1 unspecified atom stereocenters. The van der Waals surface area contributed by atoms with Gasteiger partial charge in [0, 0.05) is 6.04 Å². The van der Waals surface area contributed by atoms with Crippen LogP contribution in [0.25, 0.3) is 0 Å². The summed E-state index contributed by atoms with van der Waals surface area (Å²) in [5.41, 5.74) is 0.112. The van der Waals surface area contributed by atoms with Crippen LogP contribution in [0.2, 0.25) is 0 Å². The van der Waals surface area contributed by atoms with E-state index in [1.165, 1.54) is 6.07 Å². The van der Waals surface area contributed by atoms with Crippen molar-refractivity contribution in [2.75, 3.05) is 0 Å².